The lowest BCUT2D eigenvalue weighted by Crippen LogP contribution is -2.29. The summed E-state index contributed by atoms with van der Waals surface area (Å²) in [6, 6.07) is 91.8. The van der Waals surface area contributed by atoms with Crippen molar-refractivity contribution in [2.75, 3.05) is 4.90 Å². The van der Waals surface area contributed by atoms with Gasteiger partial charge in [0.2, 0.25) is 0 Å². The van der Waals surface area contributed by atoms with E-state index in [-0.39, 0.29) is 10.8 Å². The predicted octanol–water partition coefficient (Wildman–Crippen LogP) is 20.2. The Morgan fingerprint density at radius 2 is 0.840 bits per heavy atom. The van der Waals surface area contributed by atoms with Crippen LogP contribution in [0, 0.1) is 0 Å². The van der Waals surface area contributed by atoms with Gasteiger partial charge >= 0.3 is 0 Å². The molecular formula is C73H59NO. The molecule has 12 aromatic rings. The maximum Gasteiger partial charge on any atom is 0.143 e. The topological polar surface area (TPSA) is 16.4 Å². The molecule has 1 aromatic heterocycles. The monoisotopic (exact) mass is 965 g/mol. The predicted molar refractivity (Wildman–Crippen MR) is 317 cm³/mol. The van der Waals surface area contributed by atoms with Crippen LogP contribution in [-0.4, -0.2) is 0 Å². The third kappa shape index (κ3) is 7.78. The van der Waals surface area contributed by atoms with Crippen LogP contribution in [0.25, 0.3) is 77.2 Å². The highest BCUT2D eigenvalue weighted by atomic mass is 16.3. The minimum Gasteiger partial charge on any atom is -0.455 e. The van der Waals surface area contributed by atoms with E-state index in [2.05, 4.69) is 295 Å². The highest BCUT2D eigenvalue weighted by Gasteiger charge is 2.47. The number of hydrogen-bond acceptors (Lipinski definition) is 2. The second kappa shape index (κ2) is 17.7. The summed E-state index contributed by atoms with van der Waals surface area (Å²) in [4.78, 5) is 2.34. The van der Waals surface area contributed by atoms with Gasteiger partial charge in [-0.2, -0.15) is 0 Å². The number of rotatable bonds is 8. The fraction of sp³-hybridized carbons (Fsp3) is 0.123. The lowest BCUT2D eigenvalue weighted by molar-refractivity contribution is 0.586. The molecule has 1 aliphatic rings. The van der Waals surface area contributed by atoms with Crippen molar-refractivity contribution in [1.29, 1.82) is 0 Å². The number of anilines is 3. The molecule has 0 saturated carbocycles. The quantitative estimate of drug-likeness (QED) is 0.151. The van der Waals surface area contributed by atoms with Gasteiger partial charge in [-0.3, -0.25) is 0 Å². The first-order valence-corrected chi connectivity index (χ1v) is 26.4. The van der Waals surface area contributed by atoms with Gasteiger partial charge in [0, 0.05) is 33.4 Å². The van der Waals surface area contributed by atoms with Crippen LogP contribution in [0.15, 0.2) is 253 Å². The molecule has 362 valence electrons. The van der Waals surface area contributed by atoms with E-state index < -0.39 is 5.41 Å². The third-order valence-corrected chi connectivity index (χ3v) is 15.9. The van der Waals surface area contributed by atoms with Crippen LogP contribution < -0.4 is 4.90 Å². The molecule has 1 heterocycles. The molecule has 11 aromatic carbocycles. The first-order valence-electron chi connectivity index (χ1n) is 26.4. The van der Waals surface area contributed by atoms with Crippen molar-refractivity contribution in [2.45, 2.75) is 57.8 Å². The number of nitrogens with zero attached hydrogens (tertiary/aromatic N) is 1. The van der Waals surface area contributed by atoms with E-state index in [0.717, 1.165) is 61.3 Å². The molecule has 0 spiro atoms. The molecule has 0 bridgehead atoms. The second-order valence-electron chi connectivity index (χ2n) is 22.5. The summed E-state index contributed by atoms with van der Waals surface area (Å²) in [7, 11) is 0. The van der Waals surface area contributed by atoms with Crippen LogP contribution in [0.4, 0.5) is 17.1 Å². The first kappa shape index (κ1) is 46.1. The minimum atomic E-state index is -0.521. The first-order chi connectivity index (χ1) is 36.4. The van der Waals surface area contributed by atoms with Gasteiger partial charge in [0.25, 0.3) is 0 Å². The SMILES string of the molecule is CC(C)(C)c1ccc2c(c1)C(c1ccccc1)(c1ccc(-c3cccc4c3oc3cc(-c5cccc(N(c6ccccc6)c6ccc(-c7cccc8ccccc78)cc6)c5)ccc34)cc1)c1cc(C(C)(C)C)ccc1-2. The molecule has 0 radical (unpaired) electrons. The van der Waals surface area contributed by atoms with Crippen LogP contribution >= 0.6 is 0 Å². The maximum atomic E-state index is 6.98. The molecule has 0 unspecified atom stereocenters. The van der Waals surface area contributed by atoms with E-state index in [1.54, 1.807) is 0 Å². The minimum absolute atomic E-state index is 0.0141. The van der Waals surface area contributed by atoms with Crippen molar-refractivity contribution in [3.05, 3.63) is 282 Å². The summed E-state index contributed by atoms with van der Waals surface area (Å²) in [6.45, 7) is 13.9. The van der Waals surface area contributed by atoms with Crippen LogP contribution in [0.1, 0.15) is 74.9 Å². The van der Waals surface area contributed by atoms with Crippen molar-refractivity contribution in [1.82, 2.24) is 0 Å². The Kier molecular flexibility index (Phi) is 10.9. The van der Waals surface area contributed by atoms with E-state index in [1.807, 2.05) is 0 Å². The van der Waals surface area contributed by atoms with Gasteiger partial charge in [-0.25, -0.2) is 0 Å². The third-order valence-electron chi connectivity index (χ3n) is 15.9. The Bertz CT molecular complexity index is 4040. The fourth-order valence-electron chi connectivity index (χ4n) is 12.0. The molecule has 2 nitrogen and oxygen atoms in total. The molecule has 0 amide bonds. The molecule has 75 heavy (non-hydrogen) atoms. The van der Waals surface area contributed by atoms with Gasteiger partial charge in [-0.05, 0) is 142 Å². The summed E-state index contributed by atoms with van der Waals surface area (Å²) in [6.07, 6.45) is 0. The number of hydrogen-bond donors (Lipinski definition) is 0. The number of fused-ring (bicyclic) bond motifs is 7. The van der Waals surface area contributed by atoms with Crippen LogP contribution in [-0.2, 0) is 16.2 Å². The van der Waals surface area contributed by atoms with Gasteiger partial charge in [0.05, 0.1) is 5.41 Å². The van der Waals surface area contributed by atoms with Crippen LogP contribution in [0.5, 0.6) is 0 Å². The van der Waals surface area contributed by atoms with E-state index in [4.69, 9.17) is 4.42 Å². The van der Waals surface area contributed by atoms with Gasteiger partial charge in [0.15, 0.2) is 0 Å². The second-order valence-corrected chi connectivity index (χ2v) is 22.5. The van der Waals surface area contributed by atoms with Crippen molar-refractivity contribution < 1.29 is 4.42 Å². The summed E-state index contributed by atoms with van der Waals surface area (Å²) < 4.78 is 6.98. The molecule has 0 N–H and O–H groups in total. The average molecular weight is 966 g/mol. The molecule has 2 heteroatoms. The highest BCUT2D eigenvalue weighted by molar-refractivity contribution is 6.10. The van der Waals surface area contributed by atoms with Crippen molar-refractivity contribution in [2.24, 2.45) is 0 Å². The normalized spacial score (nSPS) is 13.0. The van der Waals surface area contributed by atoms with Gasteiger partial charge in [-0.1, -0.05) is 242 Å². The van der Waals surface area contributed by atoms with Gasteiger partial charge in [0.1, 0.15) is 11.2 Å². The molecule has 1 aliphatic carbocycles. The maximum absolute atomic E-state index is 6.98. The highest BCUT2D eigenvalue weighted by Crippen LogP contribution is 2.58. The Balaban J connectivity index is 0.879. The number of para-hydroxylation sites is 2. The Morgan fingerprint density at radius 3 is 1.53 bits per heavy atom. The van der Waals surface area contributed by atoms with Crippen LogP contribution in [0.3, 0.4) is 0 Å². The summed E-state index contributed by atoms with van der Waals surface area (Å²) in [5.41, 5.74) is 21.8. The Hall–Kier alpha value is -8.72. The van der Waals surface area contributed by atoms with E-state index in [1.165, 1.54) is 66.4 Å². The van der Waals surface area contributed by atoms with E-state index in [9.17, 15) is 0 Å². The zero-order valence-electron chi connectivity index (χ0n) is 43.5. The zero-order chi connectivity index (χ0) is 51.1. The van der Waals surface area contributed by atoms with E-state index >= 15 is 0 Å². The largest absolute Gasteiger partial charge is 0.455 e. The smallest absolute Gasteiger partial charge is 0.143 e. The summed E-state index contributed by atoms with van der Waals surface area (Å²) in [5, 5.41) is 4.71. The number of benzene rings is 11. The molecular weight excluding hydrogens is 907 g/mol. The zero-order valence-corrected chi connectivity index (χ0v) is 43.5. The Morgan fingerprint density at radius 1 is 0.333 bits per heavy atom. The summed E-state index contributed by atoms with van der Waals surface area (Å²) >= 11 is 0. The molecule has 0 atom stereocenters. The fourth-order valence-corrected chi connectivity index (χ4v) is 12.0. The Labute approximate surface area is 441 Å². The van der Waals surface area contributed by atoms with Gasteiger partial charge in [-0.15, -0.1) is 0 Å². The van der Waals surface area contributed by atoms with E-state index in [0.29, 0.717) is 0 Å². The standard InChI is InChI=1S/C73H59NO/c1-71(2,3)55-37-42-63-64-43-38-56(72(4,5)6)47-68(64)73(67(63)46-55,53-21-9-7-10-22-53)54-35-30-50(31-36-54)62-28-17-29-66-65-41-34-52(45-69(65)75-70(62)66)51-20-15-25-59(44-51)74(57-23-11-8-12-24-57)58-39-32-49(33-40-58)61-27-16-19-48-18-13-14-26-60(48)61/h7-47H,1-6H3. The molecule has 13 rings (SSSR count). The van der Waals surface area contributed by atoms with Gasteiger partial charge < -0.3 is 9.32 Å². The lowest BCUT2D eigenvalue weighted by Gasteiger charge is -2.35. The average Bonchev–Trinajstić information content (AvgIpc) is 3.99. The number of furan rings is 1. The van der Waals surface area contributed by atoms with Crippen molar-refractivity contribution >= 4 is 49.8 Å². The lowest BCUT2D eigenvalue weighted by atomic mass is 9.66. The van der Waals surface area contributed by atoms with Crippen molar-refractivity contribution in [3.8, 4) is 44.5 Å². The van der Waals surface area contributed by atoms with Crippen LogP contribution in [0.2, 0.25) is 0 Å². The molecule has 0 aliphatic heterocycles. The van der Waals surface area contributed by atoms with Crippen molar-refractivity contribution in [3.63, 3.8) is 0 Å². The molecule has 0 fully saturated rings. The molecule has 0 saturated heterocycles. The summed E-state index contributed by atoms with van der Waals surface area (Å²) in [5.74, 6) is 0.